The number of hydrogen-bond acceptors (Lipinski definition) is 2. The highest BCUT2D eigenvalue weighted by Crippen LogP contribution is 2.29. The second-order valence-corrected chi connectivity index (χ2v) is 8.33. The van der Waals surface area contributed by atoms with Gasteiger partial charge in [0.2, 0.25) is 5.91 Å². The zero-order valence-corrected chi connectivity index (χ0v) is 16.8. The molecule has 1 atom stereocenters. The summed E-state index contributed by atoms with van der Waals surface area (Å²) in [5, 5.41) is 0. The lowest BCUT2D eigenvalue weighted by atomic mass is 9.91. The Morgan fingerprint density at radius 2 is 1.86 bits per heavy atom. The van der Waals surface area contributed by atoms with Gasteiger partial charge in [0.05, 0.1) is 0 Å². The van der Waals surface area contributed by atoms with Crippen LogP contribution in [0.2, 0.25) is 0 Å². The van der Waals surface area contributed by atoms with Crippen molar-refractivity contribution in [3.63, 3.8) is 0 Å². The lowest BCUT2D eigenvalue weighted by Gasteiger charge is -2.32. The van der Waals surface area contributed by atoms with Crippen molar-refractivity contribution in [2.45, 2.75) is 51.4 Å². The van der Waals surface area contributed by atoms with Crippen LogP contribution < -0.4 is 0 Å². The number of piperidine rings is 1. The fraction of sp³-hybridized carbons (Fsp3) is 0.440. The average Bonchev–Trinajstić information content (AvgIpc) is 3.21. The normalized spacial score (nSPS) is 19.9. The molecule has 0 radical (unpaired) electrons. The lowest BCUT2D eigenvalue weighted by Crippen LogP contribution is -2.38. The molecule has 3 heteroatoms. The van der Waals surface area contributed by atoms with E-state index in [-0.39, 0.29) is 0 Å². The maximum absolute atomic E-state index is 12.6. The minimum absolute atomic E-state index is 0.331. The molecular weight excluding hydrogens is 344 g/mol. The zero-order valence-electron chi connectivity index (χ0n) is 16.8. The molecule has 1 fully saturated rings. The van der Waals surface area contributed by atoms with Crippen LogP contribution in [0.5, 0.6) is 0 Å². The number of hydrogen-bond donors (Lipinski definition) is 0. The number of carbonyl (C=O) groups is 1. The molecule has 28 heavy (non-hydrogen) atoms. The van der Waals surface area contributed by atoms with Crippen LogP contribution in [-0.4, -0.2) is 28.9 Å². The maximum atomic E-state index is 12.6. The Labute approximate surface area is 168 Å². The molecule has 1 saturated heterocycles. The number of aryl methyl sites for hydroxylation is 1. The van der Waals surface area contributed by atoms with Gasteiger partial charge >= 0.3 is 0 Å². The van der Waals surface area contributed by atoms with E-state index in [1.807, 2.05) is 0 Å². The Hall–Kier alpha value is -2.42. The van der Waals surface area contributed by atoms with Crippen LogP contribution in [0.4, 0.5) is 0 Å². The molecule has 0 bridgehead atoms. The molecule has 2 aromatic rings. The van der Waals surface area contributed by atoms with Gasteiger partial charge in [0.1, 0.15) is 0 Å². The van der Waals surface area contributed by atoms with Gasteiger partial charge in [-0.05, 0) is 68.2 Å². The molecule has 2 heterocycles. The molecule has 4 rings (SSSR count). The Bertz CT molecular complexity index is 835. The van der Waals surface area contributed by atoms with Gasteiger partial charge < -0.3 is 4.90 Å². The first-order valence-corrected chi connectivity index (χ1v) is 10.6. The summed E-state index contributed by atoms with van der Waals surface area (Å²) in [6, 6.07) is 15.1. The van der Waals surface area contributed by atoms with Crippen molar-refractivity contribution >= 4 is 5.91 Å². The Balaban J connectivity index is 1.37. The summed E-state index contributed by atoms with van der Waals surface area (Å²) >= 11 is 0. The Kier molecular flexibility index (Phi) is 5.90. The number of nitrogens with zero attached hydrogens (tertiary/aromatic N) is 2. The summed E-state index contributed by atoms with van der Waals surface area (Å²) in [4.78, 5) is 19.5. The van der Waals surface area contributed by atoms with E-state index in [4.69, 9.17) is 4.98 Å². The van der Waals surface area contributed by atoms with Crippen LogP contribution in [0.3, 0.4) is 0 Å². The summed E-state index contributed by atoms with van der Waals surface area (Å²) in [6.07, 6.45) is 10.4. The third kappa shape index (κ3) is 4.70. The van der Waals surface area contributed by atoms with E-state index in [0.29, 0.717) is 24.2 Å². The van der Waals surface area contributed by atoms with Crippen molar-refractivity contribution in [2.24, 2.45) is 5.92 Å². The summed E-state index contributed by atoms with van der Waals surface area (Å²) in [7, 11) is 0. The van der Waals surface area contributed by atoms with Crippen molar-refractivity contribution < 1.29 is 4.79 Å². The first-order chi connectivity index (χ1) is 13.7. The van der Waals surface area contributed by atoms with Crippen LogP contribution in [0, 0.1) is 12.8 Å². The predicted molar refractivity (Wildman–Crippen MR) is 113 cm³/mol. The fourth-order valence-corrected chi connectivity index (χ4v) is 4.55. The van der Waals surface area contributed by atoms with Crippen molar-refractivity contribution in [3.05, 3.63) is 77.1 Å². The summed E-state index contributed by atoms with van der Waals surface area (Å²) < 4.78 is 0. The first kappa shape index (κ1) is 18.9. The number of allylic oxidation sites excluding steroid dienone is 2. The SMILES string of the molecule is Cc1cc(Cc2ccccc2)cc(C2CCN(C(=O)CC3C=CCC3)CC2)n1. The first-order valence-electron chi connectivity index (χ1n) is 10.6. The highest BCUT2D eigenvalue weighted by molar-refractivity contribution is 5.76. The highest BCUT2D eigenvalue weighted by atomic mass is 16.2. The second-order valence-electron chi connectivity index (χ2n) is 8.33. The van der Waals surface area contributed by atoms with E-state index in [1.165, 1.54) is 16.8 Å². The molecule has 1 unspecified atom stereocenters. The second kappa shape index (κ2) is 8.72. The quantitative estimate of drug-likeness (QED) is 0.687. The fourth-order valence-electron chi connectivity index (χ4n) is 4.55. The van der Waals surface area contributed by atoms with Crippen molar-refractivity contribution in [1.82, 2.24) is 9.88 Å². The molecule has 1 aliphatic carbocycles. The minimum atomic E-state index is 0.331. The monoisotopic (exact) mass is 374 g/mol. The third-order valence-corrected chi connectivity index (χ3v) is 6.10. The van der Waals surface area contributed by atoms with Gasteiger partial charge in [-0.1, -0.05) is 42.5 Å². The van der Waals surface area contributed by atoms with Crippen LogP contribution in [0.1, 0.15) is 60.5 Å². The zero-order chi connectivity index (χ0) is 19.3. The summed E-state index contributed by atoms with van der Waals surface area (Å²) in [6.45, 7) is 3.82. The highest BCUT2D eigenvalue weighted by Gasteiger charge is 2.26. The molecular formula is C25H30N2O. The van der Waals surface area contributed by atoms with Gasteiger partial charge in [-0.2, -0.15) is 0 Å². The Morgan fingerprint density at radius 3 is 2.57 bits per heavy atom. The summed E-state index contributed by atoms with van der Waals surface area (Å²) in [5.74, 6) is 1.26. The van der Waals surface area contributed by atoms with Crippen molar-refractivity contribution in [1.29, 1.82) is 0 Å². The lowest BCUT2D eigenvalue weighted by molar-refractivity contribution is -0.132. The van der Waals surface area contributed by atoms with E-state index in [0.717, 1.165) is 50.9 Å². The van der Waals surface area contributed by atoms with E-state index in [1.54, 1.807) is 0 Å². The Morgan fingerprint density at radius 1 is 1.07 bits per heavy atom. The molecule has 1 amide bonds. The molecule has 1 aliphatic heterocycles. The van der Waals surface area contributed by atoms with Gasteiger partial charge in [0.15, 0.2) is 0 Å². The van der Waals surface area contributed by atoms with Crippen molar-refractivity contribution in [3.8, 4) is 0 Å². The van der Waals surface area contributed by atoms with Crippen LogP contribution >= 0.6 is 0 Å². The molecule has 2 aliphatic rings. The molecule has 3 nitrogen and oxygen atoms in total. The summed E-state index contributed by atoms with van der Waals surface area (Å²) in [5.41, 5.74) is 4.97. The number of carbonyl (C=O) groups excluding carboxylic acids is 1. The number of pyridine rings is 1. The number of likely N-dealkylation sites (tertiary alicyclic amines) is 1. The van der Waals surface area contributed by atoms with Gasteiger partial charge in [-0.3, -0.25) is 9.78 Å². The maximum Gasteiger partial charge on any atom is 0.223 e. The number of amides is 1. The third-order valence-electron chi connectivity index (χ3n) is 6.10. The predicted octanol–water partition coefficient (Wildman–Crippen LogP) is 5.04. The smallest absolute Gasteiger partial charge is 0.223 e. The van der Waals surface area contributed by atoms with E-state index < -0.39 is 0 Å². The minimum Gasteiger partial charge on any atom is -0.343 e. The van der Waals surface area contributed by atoms with Gasteiger partial charge in [0.25, 0.3) is 0 Å². The topological polar surface area (TPSA) is 33.2 Å². The largest absolute Gasteiger partial charge is 0.343 e. The van der Waals surface area contributed by atoms with E-state index >= 15 is 0 Å². The van der Waals surface area contributed by atoms with Gasteiger partial charge in [-0.25, -0.2) is 0 Å². The van der Waals surface area contributed by atoms with Crippen LogP contribution in [0.15, 0.2) is 54.6 Å². The molecule has 1 aromatic carbocycles. The number of rotatable bonds is 5. The van der Waals surface area contributed by atoms with Gasteiger partial charge in [0, 0.05) is 36.8 Å². The van der Waals surface area contributed by atoms with Crippen LogP contribution in [-0.2, 0) is 11.2 Å². The average molecular weight is 375 g/mol. The molecule has 0 spiro atoms. The van der Waals surface area contributed by atoms with E-state index in [2.05, 4.69) is 66.4 Å². The van der Waals surface area contributed by atoms with Gasteiger partial charge in [-0.15, -0.1) is 0 Å². The standard InChI is InChI=1S/C25H30N2O/c1-19-15-22(16-20-7-3-2-4-8-20)17-24(26-19)23-11-13-27(14-12-23)25(28)18-21-9-5-6-10-21/h2-5,7-9,15,17,21,23H,6,10-14,16,18H2,1H3. The number of benzene rings is 1. The van der Waals surface area contributed by atoms with E-state index in [9.17, 15) is 4.79 Å². The molecule has 1 aromatic heterocycles. The number of aromatic nitrogens is 1. The molecule has 0 N–H and O–H groups in total. The molecule has 146 valence electrons. The van der Waals surface area contributed by atoms with Crippen molar-refractivity contribution in [2.75, 3.05) is 13.1 Å². The molecule has 0 saturated carbocycles. The van der Waals surface area contributed by atoms with Crippen LogP contribution in [0.25, 0.3) is 0 Å².